The van der Waals surface area contributed by atoms with E-state index in [0.717, 1.165) is 5.56 Å². The lowest BCUT2D eigenvalue weighted by molar-refractivity contribution is -0.148. The molecule has 0 aliphatic rings. The van der Waals surface area contributed by atoms with E-state index in [9.17, 15) is 14.4 Å². The highest BCUT2D eigenvalue weighted by Crippen LogP contribution is 2.18. The van der Waals surface area contributed by atoms with Crippen LogP contribution in [-0.2, 0) is 14.3 Å². The molecule has 0 saturated heterocycles. The second-order valence-corrected chi connectivity index (χ2v) is 6.43. The maximum atomic E-state index is 11.7. The summed E-state index contributed by atoms with van der Waals surface area (Å²) in [7, 11) is 0. The van der Waals surface area contributed by atoms with Crippen molar-refractivity contribution in [2.75, 3.05) is 6.61 Å². The second kappa shape index (κ2) is 8.31. The standard InChI is InChI=1S/C17H24N2O4/c1-12(13-8-6-5-7-9-13)10-15(21)23-11-14(20)18-16(22)19-17(2,3)4/h5-9,12H,10-11H2,1-4H3,(H2,18,19,20,22)/t12-/m0/s1. The molecule has 2 N–H and O–H groups in total. The number of benzene rings is 1. The number of hydrogen-bond acceptors (Lipinski definition) is 4. The van der Waals surface area contributed by atoms with Crippen molar-refractivity contribution in [2.24, 2.45) is 0 Å². The van der Waals surface area contributed by atoms with E-state index in [1.54, 1.807) is 20.8 Å². The fraction of sp³-hybridized carbons (Fsp3) is 0.471. The number of esters is 1. The van der Waals surface area contributed by atoms with E-state index in [4.69, 9.17) is 4.74 Å². The van der Waals surface area contributed by atoms with Gasteiger partial charge in [-0.05, 0) is 32.3 Å². The predicted molar refractivity (Wildman–Crippen MR) is 86.9 cm³/mol. The van der Waals surface area contributed by atoms with Crippen LogP contribution in [0.1, 0.15) is 45.6 Å². The van der Waals surface area contributed by atoms with Crippen molar-refractivity contribution in [3.63, 3.8) is 0 Å². The van der Waals surface area contributed by atoms with Crippen molar-refractivity contribution >= 4 is 17.9 Å². The monoisotopic (exact) mass is 320 g/mol. The molecular formula is C17H24N2O4. The third-order valence-electron chi connectivity index (χ3n) is 2.95. The van der Waals surface area contributed by atoms with Gasteiger partial charge in [-0.1, -0.05) is 37.3 Å². The number of amides is 3. The zero-order valence-corrected chi connectivity index (χ0v) is 14.0. The van der Waals surface area contributed by atoms with Gasteiger partial charge >= 0.3 is 12.0 Å². The van der Waals surface area contributed by atoms with Crippen molar-refractivity contribution < 1.29 is 19.1 Å². The predicted octanol–water partition coefficient (Wildman–Crippen LogP) is 2.35. The van der Waals surface area contributed by atoms with Gasteiger partial charge in [0.05, 0.1) is 6.42 Å². The van der Waals surface area contributed by atoms with Gasteiger partial charge in [-0.15, -0.1) is 0 Å². The van der Waals surface area contributed by atoms with Gasteiger partial charge in [0.15, 0.2) is 6.61 Å². The maximum absolute atomic E-state index is 11.7. The van der Waals surface area contributed by atoms with E-state index in [2.05, 4.69) is 10.6 Å². The molecule has 0 spiro atoms. The molecule has 1 rings (SSSR count). The van der Waals surface area contributed by atoms with Crippen molar-refractivity contribution in [3.8, 4) is 0 Å². The van der Waals surface area contributed by atoms with Crippen molar-refractivity contribution in [1.29, 1.82) is 0 Å². The lowest BCUT2D eigenvalue weighted by Crippen LogP contribution is -2.49. The number of rotatable bonds is 5. The molecule has 0 radical (unpaired) electrons. The minimum Gasteiger partial charge on any atom is -0.456 e. The number of imide groups is 1. The molecule has 6 nitrogen and oxygen atoms in total. The number of carbonyl (C=O) groups excluding carboxylic acids is 3. The van der Waals surface area contributed by atoms with Gasteiger partial charge in [0.2, 0.25) is 0 Å². The Bertz CT molecular complexity index is 549. The minimum absolute atomic E-state index is 0.00375. The molecule has 0 aliphatic heterocycles. The smallest absolute Gasteiger partial charge is 0.321 e. The average Bonchev–Trinajstić information content (AvgIpc) is 2.44. The largest absolute Gasteiger partial charge is 0.456 e. The van der Waals surface area contributed by atoms with Crippen LogP contribution in [0.4, 0.5) is 4.79 Å². The Morgan fingerprint density at radius 2 is 1.74 bits per heavy atom. The zero-order chi connectivity index (χ0) is 17.5. The molecule has 126 valence electrons. The van der Waals surface area contributed by atoms with Gasteiger partial charge in [-0.2, -0.15) is 0 Å². The molecule has 0 unspecified atom stereocenters. The lowest BCUT2D eigenvalue weighted by atomic mass is 9.98. The quantitative estimate of drug-likeness (QED) is 0.816. The van der Waals surface area contributed by atoms with Gasteiger partial charge in [0.1, 0.15) is 0 Å². The summed E-state index contributed by atoms with van der Waals surface area (Å²) in [5.41, 5.74) is 0.574. The van der Waals surface area contributed by atoms with Crippen LogP contribution in [0, 0.1) is 0 Å². The summed E-state index contributed by atoms with van der Waals surface area (Å²) in [5, 5.41) is 4.69. The summed E-state index contributed by atoms with van der Waals surface area (Å²) in [5.74, 6) is -1.14. The van der Waals surface area contributed by atoms with E-state index in [1.807, 2.05) is 37.3 Å². The van der Waals surface area contributed by atoms with Gasteiger partial charge in [0, 0.05) is 5.54 Å². The maximum Gasteiger partial charge on any atom is 0.321 e. The topological polar surface area (TPSA) is 84.5 Å². The molecular weight excluding hydrogens is 296 g/mol. The van der Waals surface area contributed by atoms with E-state index in [1.165, 1.54) is 0 Å². The van der Waals surface area contributed by atoms with E-state index in [-0.39, 0.29) is 12.3 Å². The van der Waals surface area contributed by atoms with Gasteiger partial charge in [-0.25, -0.2) is 4.79 Å². The number of urea groups is 1. The van der Waals surface area contributed by atoms with Crippen molar-refractivity contribution in [3.05, 3.63) is 35.9 Å². The van der Waals surface area contributed by atoms with E-state index < -0.39 is 30.1 Å². The molecule has 23 heavy (non-hydrogen) atoms. The average molecular weight is 320 g/mol. The lowest BCUT2D eigenvalue weighted by Gasteiger charge is -2.20. The Balaban J connectivity index is 2.33. The Hall–Kier alpha value is -2.37. The van der Waals surface area contributed by atoms with Gasteiger partial charge in [0.25, 0.3) is 5.91 Å². The SMILES string of the molecule is C[C@@H](CC(=O)OCC(=O)NC(=O)NC(C)(C)C)c1ccccc1. The van der Waals surface area contributed by atoms with Crippen LogP contribution in [0.15, 0.2) is 30.3 Å². The van der Waals surface area contributed by atoms with Crippen LogP contribution < -0.4 is 10.6 Å². The highest BCUT2D eigenvalue weighted by atomic mass is 16.5. The molecule has 0 fully saturated rings. The Kier molecular flexibility index (Phi) is 6.75. The first kappa shape index (κ1) is 18.7. The summed E-state index contributed by atoms with van der Waals surface area (Å²) in [6.45, 7) is 6.82. The number of carbonyl (C=O) groups is 3. The Labute approximate surface area is 136 Å². The molecule has 6 heteroatoms. The Morgan fingerprint density at radius 3 is 2.30 bits per heavy atom. The Morgan fingerprint density at radius 1 is 1.13 bits per heavy atom. The summed E-state index contributed by atoms with van der Waals surface area (Å²) in [4.78, 5) is 34.8. The van der Waals surface area contributed by atoms with Crippen LogP contribution in [-0.4, -0.2) is 30.1 Å². The molecule has 1 aromatic carbocycles. The third kappa shape index (κ3) is 7.99. The number of hydrogen-bond donors (Lipinski definition) is 2. The van der Waals surface area contributed by atoms with Crippen LogP contribution in [0.3, 0.4) is 0 Å². The van der Waals surface area contributed by atoms with Crippen LogP contribution in [0.25, 0.3) is 0 Å². The highest BCUT2D eigenvalue weighted by Gasteiger charge is 2.17. The highest BCUT2D eigenvalue weighted by molar-refractivity contribution is 5.95. The molecule has 0 bridgehead atoms. The summed E-state index contributed by atoms with van der Waals surface area (Å²) >= 11 is 0. The van der Waals surface area contributed by atoms with Crippen LogP contribution in [0.5, 0.6) is 0 Å². The van der Waals surface area contributed by atoms with Crippen LogP contribution >= 0.6 is 0 Å². The summed E-state index contributed by atoms with van der Waals surface area (Å²) < 4.78 is 4.90. The summed E-state index contributed by atoms with van der Waals surface area (Å²) in [6.07, 6.45) is 0.172. The zero-order valence-electron chi connectivity index (χ0n) is 14.0. The fourth-order valence-corrected chi connectivity index (χ4v) is 1.89. The van der Waals surface area contributed by atoms with Crippen molar-refractivity contribution in [2.45, 2.75) is 45.6 Å². The molecule has 0 saturated carbocycles. The molecule has 0 aromatic heterocycles. The van der Waals surface area contributed by atoms with Gasteiger partial charge in [-0.3, -0.25) is 14.9 Å². The fourth-order valence-electron chi connectivity index (χ4n) is 1.89. The molecule has 1 atom stereocenters. The van der Waals surface area contributed by atoms with Crippen LogP contribution in [0.2, 0.25) is 0 Å². The molecule has 1 aromatic rings. The first-order chi connectivity index (χ1) is 10.7. The molecule has 0 heterocycles. The minimum atomic E-state index is -0.660. The first-order valence-electron chi connectivity index (χ1n) is 7.50. The molecule has 0 aliphatic carbocycles. The summed E-state index contributed by atoms with van der Waals surface area (Å²) in [6, 6.07) is 8.96. The first-order valence-corrected chi connectivity index (χ1v) is 7.50. The van der Waals surface area contributed by atoms with Gasteiger partial charge < -0.3 is 10.1 Å². The normalized spacial score (nSPS) is 12.2. The number of nitrogens with one attached hydrogen (secondary N) is 2. The van der Waals surface area contributed by atoms with Crippen molar-refractivity contribution in [1.82, 2.24) is 10.6 Å². The third-order valence-corrected chi connectivity index (χ3v) is 2.95. The van der Waals surface area contributed by atoms with E-state index in [0.29, 0.717) is 0 Å². The number of ether oxygens (including phenoxy) is 1. The molecule has 3 amide bonds. The van der Waals surface area contributed by atoms with E-state index >= 15 is 0 Å². The second-order valence-electron chi connectivity index (χ2n) is 6.43.